The monoisotopic (exact) mass is 149 g/mol. The van der Waals surface area contributed by atoms with Crippen molar-refractivity contribution in [2.45, 2.75) is 6.92 Å². The van der Waals surface area contributed by atoms with E-state index in [1.54, 1.807) is 13.2 Å². The third kappa shape index (κ3) is 3.93. The molecule has 3 heteroatoms. The Morgan fingerprint density at radius 3 is 2.73 bits per heavy atom. The molecule has 0 rings (SSSR count). The van der Waals surface area contributed by atoms with Gasteiger partial charge in [-0.05, 0) is 13.0 Å². The van der Waals surface area contributed by atoms with Gasteiger partial charge in [-0.15, -0.1) is 0 Å². The van der Waals surface area contributed by atoms with E-state index in [-0.39, 0.29) is 0 Å². The molecule has 3 nitrogen and oxygen atoms in total. The summed E-state index contributed by atoms with van der Waals surface area (Å²) in [5.41, 5.74) is 1.22. The largest absolute Gasteiger partial charge is 0.390 e. The number of hydrogen-bond acceptors (Lipinski definition) is 3. The normalized spacial score (nSPS) is 12.1. The SMILES string of the molecule is C=CC(C#N)=N/C=C(\C)NC. The minimum absolute atomic E-state index is 0.319. The van der Waals surface area contributed by atoms with E-state index >= 15 is 0 Å². The molecule has 0 aliphatic heterocycles. The first kappa shape index (κ1) is 9.44. The Morgan fingerprint density at radius 1 is 1.73 bits per heavy atom. The van der Waals surface area contributed by atoms with Crippen molar-refractivity contribution in [3.05, 3.63) is 24.6 Å². The average molecular weight is 149 g/mol. The van der Waals surface area contributed by atoms with Crippen molar-refractivity contribution in [3.8, 4) is 6.07 Å². The van der Waals surface area contributed by atoms with Crippen LogP contribution in [0.5, 0.6) is 0 Å². The molecule has 1 N–H and O–H groups in total. The molecule has 58 valence electrons. The highest BCUT2D eigenvalue weighted by Gasteiger charge is 1.85. The number of allylic oxidation sites excluding steroid dienone is 2. The topological polar surface area (TPSA) is 48.2 Å². The molecule has 11 heavy (non-hydrogen) atoms. The maximum atomic E-state index is 8.41. The summed E-state index contributed by atoms with van der Waals surface area (Å²) < 4.78 is 0. The number of nitriles is 1. The van der Waals surface area contributed by atoms with E-state index in [0.717, 1.165) is 5.70 Å². The highest BCUT2D eigenvalue weighted by Crippen LogP contribution is 1.87. The van der Waals surface area contributed by atoms with Crippen LogP contribution < -0.4 is 5.32 Å². The zero-order chi connectivity index (χ0) is 8.69. The fourth-order valence-electron chi connectivity index (χ4n) is 0.358. The van der Waals surface area contributed by atoms with Gasteiger partial charge in [0.1, 0.15) is 11.8 Å². The third-order valence-electron chi connectivity index (χ3n) is 1.10. The Kier molecular flexibility index (Phi) is 4.50. The quantitative estimate of drug-likeness (QED) is 0.613. The van der Waals surface area contributed by atoms with Crippen LogP contribution in [0.4, 0.5) is 0 Å². The molecule has 0 fully saturated rings. The fourth-order valence-corrected chi connectivity index (χ4v) is 0.358. The Bertz CT molecular complexity index is 230. The summed E-state index contributed by atoms with van der Waals surface area (Å²) >= 11 is 0. The molecule has 0 saturated heterocycles. The van der Waals surface area contributed by atoms with E-state index in [4.69, 9.17) is 5.26 Å². The van der Waals surface area contributed by atoms with Crippen molar-refractivity contribution in [2.24, 2.45) is 4.99 Å². The minimum Gasteiger partial charge on any atom is -0.390 e. The molecule has 0 saturated carbocycles. The van der Waals surface area contributed by atoms with Gasteiger partial charge in [0, 0.05) is 18.9 Å². The third-order valence-corrected chi connectivity index (χ3v) is 1.10. The van der Waals surface area contributed by atoms with Crippen molar-refractivity contribution in [2.75, 3.05) is 7.05 Å². The number of hydrogen-bond donors (Lipinski definition) is 1. The van der Waals surface area contributed by atoms with Crippen molar-refractivity contribution in [1.29, 1.82) is 5.26 Å². The van der Waals surface area contributed by atoms with Crippen LogP contribution in [0.25, 0.3) is 0 Å². The van der Waals surface area contributed by atoms with Crippen molar-refractivity contribution < 1.29 is 0 Å². The van der Waals surface area contributed by atoms with Crippen LogP contribution in [-0.2, 0) is 0 Å². The molecule has 0 amide bonds. The molecule has 0 aromatic heterocycles. The standard InChI is InChI=1S/C8H11N3/c1-4-8(5-9)11-6-7(2)10-3/h4,6,10H,1H2,2-3H3/b7-6+,11-8?. The van der Waals surface area contributed by atoms with E-state index in [9.17, 15) is 0 Å². The summed E-state index contributed by atoms with van der Waals surface area (Å²) in [4.78, 5) is 3.84. The van der Waals surface area contributed by atoms with Gasteiger partial charge in [0.05, 0.1) is 0 Å². The summed E-state index contributed by atoms with van der Waals surface area (Å²) in [7, 11) is 1.79. The molecule has 0 atom stereocenters. The van der Waals surface area contributed by atoms with Gasteiger partial charge in [0.15, 0.2) is 0 Å². The van der Waals surface area contributed by atoms with E-state index in [2.05, 4.69) is 16.9 Å². The summed E-state index contributed by atoms with van der Waals surface area (Å²) in [5.74, 6) is 0. The second-order valence-electron chi connectivity index (χ2n) is 1.89. The number of aliphatic imine (C=N–C) groups is 1. The molecule has 0 aromatic rings. The van der Waals surface area contributed by atoms with Crippen LogP contribution in [0.1, 0.15) is 6.92 Å². The lowest BCUT2D eigenvalue weighted by molar-refractivity contribution is 0.981. The Balaban J connectivity index is 4.33. The first-order valence-electron chi connectivity index (χ1n) is 3.19. The van der Waals surface area contributed by atoms with Crippen LogP contribution in [0, 0.1) is 11.3 Å². The molecule has 0 aliphatic carbocycles. The van der Waals surface area contributed by atoms with E-state index in [1.807, 2.05) is 13.0 Å². The molecule has 0 bridgehead atoms. The minimum atomic E-state index is 0.319. The molecular formula is C8H11N3. The predicted molar refractivity (Wildman–Crippen MR) is 46.1 cm³/mol. The van der Waals surface area contributed by atoms with Gasteiger partial charge in [-0.2, -0.15) is 5.26 Å². The molecule has 0 heterocycles. The highest BCUT2D eigenvalue weighted by molar-refractivity contribution is 6.07. The van der Waals surface area contributed by atoms with Crippen LogP contribution in [-0.4, -0.2) is 12.8 Å². The van der Waals surface area contributed by atoms with E-state index in [1.165, 1.54) is 6.08 Å². The number of nitrogens with zero attached hydrogens (tertiary/aromatic N) is 2. The predicted octanol–water partition coefficient (Wildman–Crippen LogP) is 1.22. The zero-order valence-corrected chi connectivity index (χ0v) is 6.76. The summed E-state index contributed by atoms with van der Waals surface area (Å²) in [6.07, 6.45) is 3.00. The summed E-state index contributed by atoms with van der Waals surface area (Å²) in [6, 6.07) is 1.89. The molecule has 0 radical (unpaired) electrons. The lowest BCUT2D eigenvalue weighted by Crippen LogP contribution is -2.00. The maximum absolute atomic E-state index is 8.41. The van der Waals surface area contributed by atoms with Crippen LogP contribution >= 0.6 is 0 Å². The smallest absolute Gasteiger partial charge is 0.139 e. The van der Waals surface area contributed by atoms with Crippen molar-refractivity contribution in [3.63, 3.8) is 0 Å². The average Bonchev–Trinajstić information content (AvgIpc) is 2.06. The first-order valence-corrected chi connectivity index (χ1v) is 3.19. The second-order valence-corrected chi connectivity index (χ2v) is 1.89. The van der Waals surface area contributed by atoms with Crippen LogP contribution in [0.2, 0.25) is 0 Å². The van der Waals surface area contributed by atoms with Gasteiger partial charge in [0.25, 0.3) is 0 Å². The summed E-state index contributed by atoms with van der Waals surface area (Å²) in [5, 5.41) is 11.3. The lowest BCUT2D eigenvalue weighted by Gasteiger charge is -1.93. The number of nitrogens with one attached hydrogen (secondary N) is 1. The van der Waals surface area contributed by atoms with Gasteiger partial charge < -0.3 is 5.32 Å². The van der Waals surface area contributed by atoms with Gasteiger partial charge in [0.2, 0.25) is 0 Å². The van der Waals surface area contributed by atoms with Crippen LogP contribution in [0.15, 0.2) is 29.5 Å². The van der Waals surface area contributed by atoms with Crippen LogP contribution in [0.3, 0.4) is 0 Å². The van der Waals surface area contributed by atoms with E-state index in [0.29, 0.717) is 5.71 Å². The Hall–Kier alpha value is -1.56. The molecular weight excluding hydrogens is 138 g/mol. The molecule has 0 aromatic carbocycles. The first-order chi connectivity index (χ1) is 5.24. The second kappa shape index (κ2) is 5.24. The van der Waals surface area contributed by atoms with Crippen molar-refractivity contribution in [1.82, 2.24) is 5.32 Å². The molecule has 0 unspecified atom stereocenters. The van der Waals surface area contributed by atoms with Crippen molar-refractivity contribution >= 4 is 5.71 Å². The van der Waals surface area contributed by atoms with Gasteiger partial charge in [-0.25, -0.2) is 4.99 Å². The van der Waals surface area contributed by atoms with Gasteiger partial charge >= 0.3 is 0 Å². The Labute approximate surface area is 66.8 Å². The fraction of sp³-hybridized carbons (Fsp3) is 0.250. The highest BCUT2D eigenvalue weighted by atomic mass is 14.9. The lowest BCUT2D eigenvalue weighted by atomic mass is 10.4. The zero-order valence-electron chi connectivity index (χ0n) is 6.76. The van der Waals surface area contributed by atoms with Gasteiger partial charge in [-0.1, -0.05) is 6.58 Å². The molecule has 0 aliphatic rings. The number of rotatable bonds is 3. The maximum Gasteiger partial charge on any atom is 0.139 e. The molecule has 0 spiro atoms. The van der Waals surface area contributed by atoms with E-state index < -0.39 is 0 Å². The summed E-state index contributed by atoms with van der Waals surface area (Å²) in [6.45, 7) is 5.30. The van der Waals surface area contributed by atoms with Gasteiger partial charge in [-0.3, -0.25) is 0 Å². The Morgan fingerprint density at radius 2 is 2.36 bits per heavy atom.